The highest BCUT2D eigenvalue weighted by Gasteiger charge is 2.25. The number of halogens is 2. The molecular formula is C18H19BrFN. The highest BCUT2D eigenvalue weighted by Crippen LogP contribution is 2.40. The molecular weight excluding hydrogens is 329 g/mol. The van der Waals surface area contributed by atoms with Crippen LogP contribution in [0.5, 0.6) is 0 Å². The van der Waals surface area contributed by atoms with Crippen molar-refractivity contribution in [2.24, 2.45) is 0 Å². The predicted molar refractivity (Wildman–Crippen MR) is 88.0 cm³/mol. The van der Waals surface area contributed by atoms with Crippen LogP contribution in [0.1, 0.15) is 47.9 Å². The van der Waals surface area contributed by atoms with Gasteiger partial charge in [-0.3, -0.25) is 0 Å². The fourth-order valence-electron chi connectivity index (χ4n) is 3.06. The number of benzene rings is 2. The van der Waals surface area contributed by atoms with Gasteiger partial charge >= 0.3 is 0 Å². The minimum absolute atomic E-state index is 0.0319. The Kier molecular flexibility index (Phi) is 4.41. The summed E-state index contributed by atoms with van der Waals surface area (Å²) < 4.78 is 14.4. The van der Waals surface area contributed by atoms with Crippen molar-refractivity contribution < 1.29 is 4.39 Å². The van der Waals surface area contributed by atoms with Gasteiger partial charge < -0.3 is 5.32 Å². The van der Waals surface area contributed by atoms with E-state index in [1.807, 2.05) is 13.1 Å². The van der Waals surface area contributed by atoms with Crippen LogP contribution in [-0.2, 0) is 0 Å². The smallest absolute Gasteiger partial charge is 0.137 e. The third-order valence-electron chi connectivity index (χ3n) is 4.42. The van der Waals surface area contributed by atoms with Crippen molar-refractivity contribution in [3.63, 3.8) is 0 Å². The molecule has 0 radical (unpaired) electrons. The fraction of sp³-hybridized carbons (Fsp3) is 0.333. The lowest BCUT2D eigenvalue weighted by Crippen LogP contribution is -2.21. The van der Waals surface area contributed by atoms with Crippen LogP contribution in [0.3, 0.4) is 0 Å². The summed E-state index contributed by atoms with van der Waals surface area (Å²) >= 11 is 3.22. The normalized spacial score (nSPS) is 16.5. The molecule has 3 heteroatoms. The molecule has 0 aliphatic heterocycles. The molecule has 0 bridgehead atoms. The van der Waals surface area contributed by atoms with Crippen molar-refractivity contribution in [3.8, 4) is 0 Å². The molecule has 0 amide bonds. The molecule has 2 aromatic carbocycles. The minimum atomic E-state index is -0.214. The topological polar surface area (TPSA) is 12.0 Å². The van der Waals surface area contributed by atoms with Crippen molar-refractivity contribution >= 4 is 15.9 Å². The molecule has 21 heavy (non-hydrogen) atoms. The van der Waals surface area contributed by atoms with E-state index >= 15 is 0 Å². The molecule has 1 saturated carbocycles. The van der Waals surface area contributed by atoms with Gasteiger partial charge in [0.25, 0.3) is 0 Å². The Morgan fingerprint density at radius 2 is 1.95 bits per heavy atom. The van der Waals surface area contributed by atoms with Crippen LogP contribution in [0.4, 0.5) is 4.39 Å². The van der Waals surface area contributed by atoms with Gasteiger partial charge in [-0.25, -0.2) is 4.39 Å². The second kappa shape index (κ2) is 6.29. The van der Waals surface area contributed by atoms with Gasteiger partial charge in [0.1, 0.15) is 5.82 Å². The van der Waals surface area contributed by atoms with Crippen molar-refractivity contribution in [3.05, 3.63) is 69.4 Å². The first-order valence-corrected chi connectivity index (χ1v) is 8.21. The van der Waals surface area contributed by atoms with Crippen LogP contribution in [0.25, 0.3) is 0 Å². The Morgan fingerprint density at radius 3 is 2.57 bits per heavy atom. The Morgan fingerprint density at radius 1 is 1.19 bits per heavy atom. The van der Waals surface area contributed by atoms with Crippen LogP contribution in [-0.4, -0.2) is 7.05 Å². The van der Waals surface area contributed by atoms with Crippen molar-refractivity contribution in [1.29, 1.82) is 0 Å². The van der Waals surface area contributed by atoms with E-state index in [1.54, 1.807) is 12.1 Å². The van der Waals surface area contributed by atoms with Gasteiger partial charge in [0.15, 0.2) is 0 Å². The van der Waals surface area contributed by atoms with E-state index in [2.05, 4.69) is 45.5 Å². The summed E-state index contributed by atoms with van der Waals surface area (Å²) in [5.41, 5.74) is 3.64. The molecule has 2 aromatic rings. The first kappa shape index (κ1) is 14.7. The average Bonchev–Trinajstić information content (AvgIpc) is 2.43. The van der Waals surface area contributed by atoms with Crippen LogP contribution < -0.4 is 5.32 Å². The van der Waals surface area contributed by atoms with Crippen molar-refractivity contribution in [2.75, 3.05) is 7.05 Å². The predicted octanol–water partition coefficient (Wildman–Crippen LogP) is 5.16. The first-order chi connectivity index (χ1) is 10.2. The maximum Gasteiger partial charge on any atom is 0.137 e. The van der Waals surface area contributed by atoms with Crippen LogP contribution >= 0.6 is 15.9 Å². The van der Waals surface area contributed by atoms with E-state index in [4.69, 9.17) is 0 Å². The molecule has 0 aromatic heterocycles. The third kappa shape index (κ3) is 2.90. The molecule has 0 heterocycles. The molecule has 1 aliphatic carbocycles. The Balaban J connectivity index is 2.01. The molecule has 1 unspecified atom stereocenters. The van der Waals surface area contributed by atoms with Gasteiger partial charge in [-0.05, 0) is 70.6 Å². The summed E-state index contributed by atoms with van der Waals surface area (Å²) in [4.78, 5) is 0. The van der Waals surface area contributed by atoms with Gasteiger partial charge in [-0.1, -0.05) is 36.8 Å². The lowest BCUT2D eigenvalue weighted by molar-refractivity contribution is 0.415. The summed E-state index contributed by atoms with van der Waals surface area (Å²) in [6, 6.07) is 14.0. The van der Waals surface area contributed by atoms with E-state index in [9.17, 15) is 4.39 Å². The maximum atomic E-state index is 13.9. The Hall–Kier alpha value is -1.19. The SMILES string of the molecule is CNC(c1ccc(Br)c(F)c1)c1ccccc1C1CCC1. The monoisotopic (exact) mass is 347 g/mol. The second-order valence-electron chi connectivity index (χ2n) is 5.65. The molecule has 110 valence electrons. The van der Waals surface area contributed by atoms with Crippen molar-refractivity contribution in [2.45, 2.75) is 31.2 Å². The number of hydrogen-bond acceptors (Lipinski definition) is 1. The highest BCUT2D eigenvalue weighted by atomic mass is 79.9. The number of nitrogens with one attached hydrogen (secondary N) is 1. The molecule has 3 rings (SSSR count). The Bertz CT molecular complexity index is 637. The fourth-order valence-corrected chi connectivity index (χ4v) is 3.31. The van der Waals surface area contributed by atoms with Gasteiger partial charge in [0.05, 0.1) is 10.5 Å². The number of hydrogen-bond donors (Lipinski definition) is 1. The van der Waals surface area contributed by atoms with Gasteiger partial charge in [-0.2, -0.15) is 0 Å². The third-order valence-corrected chi connectivity index (χ3v) is 5.06. The second-order valence-corrected chi connectivity index (χ2v) is 6.51. The largest absolute Gasteiger partial charge is 0.309 e. The zero-order valence-corrected chi connectivity index (χ0v) is 13.7. The van der Waals surface area contributed by atoms with E-state index in [0.717, 1.165) is 5.56 Å². The average molecular weight is 348 g/mol. The minimum Gasteiger partial charge on any atom is -0.309 e. The maximum absolute atomic E-state index is 13.9. The highest BCUT2D eigenvalue weighted by molar-refractivity contribution is 9.10. The molecule has 1 nitrogen and oxygen atoms in total. The van der Waals surface area contributed by atoms with Gasteiger partial charge in [-0.15, -0.1) is 0 Å². The van der Waals surface area contributed by atoms with Gasteiger partial charge in [0, 0.05) is 0 Å². The van der Waals surface area contributed by atoms with Crippen LogP contribution in [0.2, 0.25) is 0 Å². The van der Waals surface area contributed by atoms with E-state index < -0.39 is 0 Å². The summed E-state index contributed by atoms with van der Waals surface area (Å²) in [5, 5.41) is 3.34. The summed E-state index contributed by atoms with van der Waals surface area (Å²) in [5.74, 6) is 0.450. The quantitative estimate of drug-likeness (QED) is 0.804. The lowest BCUT2D eigenvalue weighted by atomic mass is 9.76. The lowest BCUT2D eigenvalue weighted by Gasteiger charge is -2.30. The molecule has 1 fully saturated rings. The van der Waals surface area contributed by atoms with Gasteiger partial charge in [0.2, 0.25) is 0 Å². The van der Waals surface area contributed by atoms with E-state index in [-0.39, 0.29) is 11.9 Å². The van der Waals surface area contributed by atoms with E-state index in [0.29, 0.717) is 10.4 Å². The summed E-state index contributed by atoms with van der Waals surface area (Å²) in [6.45, 7) is 0. The first-order valence-electron chi connectivity index (χ1n) is 7.41. The molecule has 0 spiro atoms. The Labute approximate surface area is 133 Å². The zero-order valence-electron chi connectivity index (χ0n) is 12.1. The molecule has 1 N–H and O–H groups in total. The van der Waals surface area contributed by atoms with Crippen molar-refractivity contribution in [1.82, 2.24) is 5.32 Å². The van der Waals surface area contributed by atoms with Crippen LogP contribution in [0, 0.1) is 5.82 Å². The molecule has 1 atom stereocenters. The van der Waals surface area contributed by atoms with E-state index in [1.165, 1.54) is 30.4 Å². The standard InChI is InChI=1S/C18H19BrFN/c1-21-18(13-9-10-16(19)17(20)11-13)15-8-3-2-7-14(15)12-5-4-6-12/h2-3,7-12,18,21H,4-6H2,1H3. The van der Waals surface area contributed by atoms with Crippen LogP contribution in [0.15, 0.2) is 46.9 Å². The zero-order chi connectivity index (χ0) is 14.8. The summed E-state index contributed by atoms with van der Waals surface area (Å²) in [7, 11) is 1.93. The molecule has 0 saturated heterocycles. The number of rotatable bonds is 4. The molecule has 1 aliphatic rings. The summed E-state index contributed by atoms with van der Waals surface area (Å²) in [6.07, 6.45) is 3.85.